The fourth-order valence-corrected chi connectivity index (χ4v) is 4.28. The van der Waals surface area contributed by atoms with Gasteiger partial charge in [-0.05, 0) is 24.1 Å². The summed E-state index contributed by atoms with van der Waals surface area (Å²) in [4.78, 5) is 3.15. The monoisotopic (exact) mass is 309 g/mol. The third-order valence-corrected chi connectivity index (χ3v) is 6.09. The molecule has 1 aliphatic heterocycles. The Morgan fingerprint density at radius 3 is 2.67 bits per heavy atom. The van der Waals surface area contributed by atoms with Crippen molar-refractivity contribution in [3.8, 4) is 0 Å². The molecule has 21 heavy (non-hydrogen) atoms. The lowest BCUT2D eigenvalue weighted by Gasteiger charge is -2.47. The van der Waals surface area contributed by atoms with Crippen LogP contribution in [0.5, 0.6) is 0 Å². The lowest BCUT2D eigenvalue weighted by atomic mass is 9.85. The van der Waals surface area contributed by atoms with E-state index in [4.69, 9.17) is 5.73 Å². The minimum absolute atomic E-state index is 0.0163. The number of sulfonamides is 1. The molecule has 0 amide bonds. The van der Waals surface area contributed by atoms with E-state index in [9.17, 15) is 13.5 Å². The van der Waals surface area contributed by atoms with E-state index < -0.39 is 15.6 Å². The van der Waals surface area contributed by atoms with Crippen LogP contribution in [0.25, 0.3) is 10.9 Å². The molecule has 0 saturated carbocycles. The molecule has 4 N–H and O–H groups in total. The maximum absolute atomic E-state index is 12.7. The molecule has 1 fully saturated rings. The number of nitrogens with one attached hydrogen (secondary N) is 1. The largest absolute Gasteiger partial charge is 0.399 e. The van der Waals surface area contributed by atoms with Crippen LogP contribution in [0.2, 0.25) is 0 Å². The highest BCUT2D eigenvalue weighted by atomic mass is 32.2. The standard InChI is InChI=1S/C14H19N3O3S/c1-9(2)14(18)7-17(8-14)21(19,20)13-6-16-12-4-3-10(15)5-11(12)13/h3-6,9,16,18H,7-8,15H2,1-2H3. The maximum Gasteiger partial charge on any atom is 0.245 e. The lowest BCUT2D eigenvalue weighted by molar-refractivity contribution is -0.0932. The highest BCUT2D eigenvalue weighted by molar-refractivity contribution is 7.89. The number of nitrogen functional groups attached to an aromatic ring is 1. The van der Waals surface area contributed by atoms with Gasteiger partial charge in [0.1, 0.15) is 4.90 Å². The normalized spacial score (nSPS) is 19.0. The van der Waals surface area contributed by atoms with Crippen molar-refractivity contribution >= 4 is 26.6 Å². The molecule has 1 aromatic heterocycles. The van der Waals surface area contributed by atoms with Gasteiger partial charge in [-0.2, -0.15) is 4.31 Å². The van der Waals surface area contributed by atoms with E-state index in [1.807, 2.05) is 13.8 Å². The number of benzene rings is 1. The number of β-amino-alcohol motifs (C(OH)–C–C–N with tert-alkyl or cyclic N) is 1. The second-order valence-corrected chi connectivity index (χ2v) is 7.90. The van der Waals surface area contributed by atoms with Crippen LogP contribution in [0.15, 0.2) is 29.3 Å². The number of anilines is 1. The Kier molecular flexibility index (Phi) is 3.05. The molecule has 1 aromatic carbocycles. The van der Waals surface area contributed by atoms with E-state index >= 15 is 0 Å². The Bertz CT molecular complexity index is 789. The van der Waals surface area contributed by atoms with Crippen molar-refractivity contribution in [2.45, 2.75) is 24.3 Å². The number of aliphatic hydroxyl groups is 1. The van der Waals surface area contributed by atoms with Crippen molar-refractivity contribution in [3.63, 3.8) is 0 Å². The van der Waals surface area contributed by atoms with Crippen molar-refractivity contribution in [1.82, 2.24) is 9.29 Å². The molecular weight excluding hydrogens is 290 g/mol. The summed E-state index contributed by atoms with van der Waals surface area (Å²) in [6.45, 7) is 4.02. The molecular formula is C14H19N3O3S. The van der Waals surface area contributed by atoms with Gasteiger partial charge >= 0.3 is 0 Å². The SMILES string of the molecule is CC(C)C1(O)CN(S(=O)(=O)c2c[nH]c3ccc(N)cc23)C1. The number of hydrogen-bond acceptors (Lipinski definition) is 4. The third kappa shape index (κ3) is 2.12. The van der Waals surface area contributed by atoms with E-state index in [1.165, 1.54) is 10.5 Å². The fourth-order valence-electron chi connectivity index (χ4n) is 2.56. The molecule has 3 rings (SSSR count). The number of fused-ring (bicyclic) bond motifs is 1. The molecule has 1 saturated heterocycles. The average Bonchev–Trinajstić information content (AvgIpc) is 2.77. The molecule has 2 heterocycles. The van der Waals surface area contributed by atoms with E-state index in [2.05, 4.69) is 4.98 Å². The van der Waals surface area contributed by atoms with Crippen LogP contribution in [0.3, 0.4) is 0 Å². The number of rotatable bonds is 3. The van der Waals surface area contributed by atoms with Crippen LogP contribution >= 0.6 is 0 Å². The van der Waals surface area contributed by atoms with Crippen LogP contribution in [0, 0.1) is 5.92 Å². The van der Waals surface area contributed by atoms with Crippen molar-refractivity contribution in [2.75, 3.05) is 18.8 Å². The first kappa shape index (κ1) is 14.4. The molecule has 2 aromatic rings. The van der Waals surface area contributed by atoms with Crippen molar-refractivity contribution in [1.29, 1.82) is 0 Å². The first-order valence-electron chi connectivity index (χ1n) is 6.83. The Labute approximate surface area is 123 Å². The van der Waals surface area contributed by atoms with Gasteiger partial charge in [0.25, 0.3) is 0 Å². The summed E-state index contributed by atoms with van der Waals surface area (Å²) >= 11 is 0. The summed E-state index contributed by atoms with van der Waals surface area (Å²) in [7, 11) is -3.62. The fraction of sp³-hybridized carbons (Fsp3) is 0.429. The van der Waals surface area contributed by atoms with Crippen LogP contribution in [-0.2, 0) is 10.0 Å². The molecule has 7 heteroatoms. The first-order chi connectivity index (χ1) is 9.74. The molecule has 0 bridgehead atoms. The number of aromatic amines is 1. The van der Waals surface area contributed by atoms with Gasteiger partial charge in [0, 0.05) is 35.9 Å². The van der Waals surface area contributed by atoms with E-state index in [0.717, 1.165) is 5.52 Å². The smallest absolute Gasteiger partial charge is 0.245 e. The second kappa shape index (κ2) is 4.46. The second-order valence-electron chi connectivity index (χ2n) is 5.99. The molecule has 1 aliphatic rings. The Morgan fingerprint density at radius 2 is 2.05 bits per heavy atom. The molecule has 0 spiro atoms. The molecule has 114 valence electrons. The van der Waals surface area contributed by atoms with Crippen LogP contribution in [0.1, 0.15) is 13.8 Å². The molecule has 0 radical (unpaired) electrons. The zero-order valence-corrected chi connectivity index (χ0v) is 12.8. The number of nitrogens with zero attached hydrogens (tertiary/aromatic N) is 1. The lowest BCUT2D eigenvalue weighted by Crippen LogP contribution is -2.65. The number of H-pyrrole nitrogens is 1. The Morgan fingerprint density at radius 1 is 1.38 bits per heavy atom. The predicted molar refractivity (Wildman–Crippen MR) is 81.3 cm³/mol. The number of nitrogens with two attached hydrogens (primary N) is 1. The summed E-state index contributed by atoms with van der Waals surface area (Å²) in [6.07, 6.45) is 1.48. The topological polar surface area (TPSA) is 99.4 Å². The predicted octanol–water partition coefficient (Wildman–Crippen LogP) is 1.14. The average molecular weight is 309 g/mol. The van der Waals surface area contributed by atoms with Gasteiger partial charge in [0.05, 0.1) is 5.60 Å². The number of hydrogen-bond donors (Lipinski definition) is 3. The minimum atomic E-state index is -3.62. The highest BCUT2D eigenvalue weighted by Crippen LogP contribution is 2.35. The molecule has 6 nitrogen and oxygen atoms in total. The van der Waals surface area contributed by atoms with Crippen LogP contribution in [-0.4, -0.2) is 41.5 Å². The van der Waals surface area contributed by atoms with Gasteiger partial charge in [0.2, 0.25) is 10.0 Å². The summed E-state index contributed by atoms with van der Waals surface area (Å²) < 4.78 is 26.6. The summed E-state index contributed by atoms with van der Waals surface area (Å²) in [5, 5.41) is 10.8. The first-order valence-corrected chi connectivity index (χ1v) is 8.27. The maximum atomic E-state index is 12.7. The van der Waals surface area contributed by atoms with Crippen LogP contribution in [0.4, 0.5) is 5.69 Å². The van der Waals surface area contributed by atoms with E-state index in [-0.39, 0.29) is 23.9 Å². The van der Waals surface area contributed by atoms with Gasteiger partial charge in [0.15, 0.2) is 0 Å². The quantitative estimate of drug-likeness (QED) is 0.740. The zero-order chi connectivity index (χ0) is 15.4. The summed E-state index contributed by atoms with van der Waals surface area (Å²) in [5.41, 5.74) is 6.05. The van der Waals surface area contributed by atoms with Gasteiger partial charge in [-0.15, -0.1) is 0 Å². The summed E-state index contributed by atoms with van der Waals surface area (Å²) in [6, 6.07) is 5.12. The van der Waals surface area contributed by atoms with Gasteiger partial charge < -0.3 is 15.8 Å². The Hall–Kier alpha value is -1.57. The Balaban J connectivity index is 1.97. The minimum Gasteiger partial charge on any atom is -0.399 e. The van der Waals surface area contributed by atoms with Gasteiger partial charge in [-0.3, -0.25) is 0 Å². The van der Waals surface area contributed by atoms with Crippen molar-refractivity contribution in [2.24, 2.45) is 5.92 Å². The molecule has 0 unspecified atom stereocenters. The molecule has 0 atom stereocenters. The van der Waals surface area contributed by atoms with E-state index in [0.29, 0.717) is 11.1 Å². The van der Waals surface area contributed by atoms with E-state index in [1.54, 1.807) is 18.2 Å². The summed E-state index contributed by atoms with van der Waals surface area (Å²) in [5.74, 6) is 0.0163. The van der Waals surface area contributed by atoms with Gasteiger partial charge in [-0.25, -0.2) is 8.42 Å². The van der Waals surface area contributed by atoms with Crippen molar-refractivity contribution < 1.29 is 13.5 Å². The van der Waals surface area contributed by atoms with Crippen molar-refractivity contribution in [3.05, 3.63) is 24.4 Å². The highest BCUT2D eigenvalue weighted by Gasteiger charge is 2.49. The zero-order valence-electron chi connectivity index (χ0n) is 12.0. The molecule has 0 aliphatic carbocycles. The van der Waals surface area contributed by atoms with Crippen LogP contribution < -0.4 is 5.73 Å². The third-order valence-electron chi connectivity index (χ3n) is 4.26. The number of aromatic nitrogens is 1. The van der Waals surface area contributed by atoms with Gasteiger partial charge in [-0.1, -0.05) is 13.8 Å².